The maximum Gasteiger partial charge on any atom is 0.410 e. The van der Waals surface area contributed by atoms with E-state index in [1.54, 1.807) is 35.4 Å². The minimum atomic E-state index is -0.929. The molecule has 2 aliphatic rings. The molecule has 2 aliphatic heterocycles. The zero-order valence-corrected chi connectivity index (χ0v) is 18.5. The van der Waals surface area contributed by atoms with Crippen molar-refractivity contribution in [3.8, 4) is 5.75 Å². The summed E-state index contributed by atoms with van der Waals surface area (Å²) in [5.74, 6) is -0.467. The van der Waals surface area contributed by atoms with Gasteiger partial charge < -0.3 is 24.3 Å². The second-order valence-electron chi connectivity index (χ2n) is 9.10. The molecule has 3 rings (SSSR count). The number of likely N-dealkylation sites (tertiary alicyclic amines) is 1. The average molecular weight is 433 g/mol. The Morgan fingerprint density at radius 3 is 2.45 bits per heavy atom. The Morgan fingerprint density at radius 2 is 1.90 bits per heavy atom. The summed E-state index contributed by atoms with van der Waals surface area (Å²) < 4.78 is 11.3. The highest BCUT2D eigenvalue weighted by Crippen LogP contribution is 2.29. The van der Waals surface area contributed by atoms with Gasteiger partial charge in [0.1, 0.15) is 23.4 Å². The summed E-state index contributed by atoms with van der Waals surface area (Å²) in [5.41, 5.74) is 0.199. The van der Waals surface area contributed by atoms with Gasteiger partial charge in [0.05, 0.1) is 6.61 Å². The molecule has 2 atom stereocenters. The Kier molecular flexibility index (Phi) is 7.41. The van der Waals surface area contributed by atoms with Crippen LogP contribution in [-0.4, -0.2) is 59.7 Å². The Morgan fingerprint density at radius 1 is 1.23 bits per heavy atom. The molecule has 1 fully saturated rings. The highest BCUT2D eigenvalue weighted by Gasteiger charge is 2.33. The highest BCUT2D eigenvalue weighted by molar-refractivity contribution is 5.78. The van der Waals surface area contributed by atoms with Crippen molar-refractivity contribution in [1.82, 2.24) is 4.90 Å². The number of amides is 1. The van der Waals surface area contributed by atoms with E-state index in [2.05, 4.69) is 5.16 Å². The second kappa shape index (κ2) is 10.0. The molecule has 0 radical (unpaired) electrons. The molecule has 1 saturated heterocycles. The van der Waals surface area contributed by atoms with Gasteiger partial charge in [-0.05, 0) is 63.6 Å². The number of carbonyl (C=O) groups is 2. The number of carboxylic acids is 1. The number of ether oxygens (including phenoxy) is 2. The minimum absolute atomic E-state index is 0.239. The van der Waals surface area contributed by atoms with E-state index >= 15 is 0 Å². The van der Waals surface area contributed by atoms with Crippen molar-refractivity contribution in [1.29, 1.82) is 0 Å². The van der Waals surface area contributed by atoms with Crippen LogP contribution in [0.3, 0.4) is 0 Å². The lowest BCUT2D eigenvalue weighted by molar-refractivity contribution is -0.142. The van der Waals surface area contributed by atoms with Gasteiger partial charge in [0.15, 0.2) is 0 Å². The molecule has 0 saturated carbocycles. The molecule has 2 heterocycles. The van der Waals surface area contributed by atoms with Gasteiger partial charge in [0.25, 0.3) is 0 Å². The topological polar surface area (TPSA) is 97.7 Å². The monoisotopic (exact) mass is 432 g/mol. The number of benzene rings is 1. The number of nitrogens with zero attached hydrogens (tertiary/aromatic N) is 2. The zero-order valence-electron chi connectivity index (χ0n) is 18.5. The van der Waals surface area contributed by atoms with E-state index in [9.17, 15) is 14.7 Å². The first-order valence-corrected chi connectivity index (χ1v) is 10.8. The largest absolute Gasteiger partial charge is 0.494 e. The van der Waals surface area contributed by atoms with Crippen LogP contribution < -0.4 is 4.74 Å². The predicted octanol–water partition coefficient (Wildman–Crippen LogP) is 4.05. The van der Waals surface area contributed by atoms with E-state index in [1.807, 2.05) is 20.8 Å². The van der Waals surface area contributed by atoms with Crippen molar-refractivity contribution in [2.45, 2.75) is 64.1 Å². The molecule has 8 heteroatoms. The maximum atomic E-state index is 12.1. The average Bonchev–Trinajstić information content (AvgIpc) is 3.22. The summed E-state index contributed by atoms with van der Waals surface area (Å²) in [7, 11) is 0. The molecule has 0 aliphatic carbocycles. The van der Waals surface area contributed by atoms with Crippen molar-refractivity contribution < 1.29 is 29.0 Å². The van der Waals surface area contributed by atoms with Crippen LogP contribution in [0.15, 0.2) is 29.4 Å². The number of oxime groups is 1. The first kappa shape index (κ1) is 22.9. The van der Waals surface area contributed by atoms with Crippen molar-refractivity contribution in [2.24, 2.45) is 11.1 Å². The van der Waals surface area contributed by atoms with Crippen molar-refractivity contribution in [3.05, 3.63) is 29.8 Å². The fraction of sp³-hybridized carbons (Fsp3) is 0.609. The summed E-state index contributed by atoms with van der Waals surface area (Å²) in [5, 5.41) is 13.2. The molecule has 31 heavy (non-hydrogen) atoms. The third-order valence-electron chi connectivity index (χ3n) is 5.55. The molecule has 1 aromatic carbocycles. The van der Waals surface area contributed by atoms with Crippen molar-refractivity contribution >= 4 is 18.3 Å². The molecule has 0 aromatic heterocycles. The van der Waals surface area contributed by atoms with E-state index in [0.29, 0.717) is 43.3 Å². The number of aliphatic carboxylic acids is 1. The van der Waals surface area contributed by atoms with Crippen LogP contribution in [0, 0.1) is 5.92 Å². The lowest BCUT2D eigenvalue weighted by atomic mass is 9.92. The van der Waals surface area contributed by atoms with Crippen molar-refractivity contribution in [3.63, 3.8) is 0 Å². The molecule has 1 aromatic rings. The summed E-state index contributed by atoms with van der Waals surface area (Å²) in [6, 6.07) is 7.14. The van der Waals surface area contributed by atoms with E-state index in [4.69, 9.17) is 14.3 Å². The van der Waals surface area contributed by atoms with Gasteiger partial charge in [0.2, 0.25) is 0 Å². The highest BCUT2D eigenvalue weighted by atomic mass is 16.6. The van der Waals surface area contributed by atoms with Crippen LogP contribution >= 0.6 is 0 Å². The van der Waals surface area contributed by atoms with E-state index in [-0.39, 0.29) is 6.09 Å². The zero-order chi connectivity index (χ0) is 22.4. The maximum absolute atomic E-state index is 12.1. The summed E-state index contributed by atoms with van der Waals surface area (Å²) in [6.45, 7) is 7.62. The van der Waals surface area contributed by atoms with Crippen LogP contribution in [0.1, 0.15) is 57.9 Å². The molecule has 0 unspecified atom stereocenters. The third kappa shape index (κ3) is 6.60. The number of hydrogen-bond donors (Lipinski definition) is 1. The van der Waals surface area contributed by atoms with E-state index < -0.39 is 23.6 Å². The molecular formula is C23H32N2O6. The molecule has 170 valence electrons. The molecule has 1 N–H and O–H groups in total. The van der Waals surface area contributed by atoms with Gasteiger partial charge in [-0.15, -0.1) is 0 Å². The Bertz CT molecular complexity index is 770. The third-order valence-corrected chi connectivity index (χ3v) is 5.55. The first-order valence-electron chi connectivity index (χ1n) is 10.8. The normalized spacial score (nSPS) is 20.2. The van der Waals surface area contributed by atoms with Crippen LogP contribution in [0.4, 0.5) is 4.79 Å². The molecule has 1 amide bonds. The smallest absolute Gasteiger partial charge is 0.410 e. The van der Waals surface area contributed by atoms with Gasteiger partial charge in [-0.3, -0.25) is 4.79 Å². The van der Waals surface area contributed by atoms with E-state index in [1.165, 1.54) is 0 Å². The fourth-order valence-corrected chi connectivity index (χ4v) is 3.87. The van der Waals surface area contributed by atoms with Gasteiger partial charge in [0, 0.05) is 25.7 Å². The Balaban J connectivity index is 1.41. The lowest BCUT2D eigenvalue weighted by Crippen LogP contribution is -2.41. The predicted molar refractivity (Wildman–Crippen MR) is 115 cm³/mol. The van der Waals surface area contributed by atoms with Gasteiger partial charge in [-0.1, -0.05) is 17.3 Å². The van der Waals surface area contributed by atoms with Crippen molar-refractivity contribution in [2.75, 3.05) is 19.7 Å². The summed E-state index contributed by atoms with van der Waals surface area (Å²) in [6.07, 6.45) is 4.15. The quantitative estimate of drug-likeness (QED) is 0.698. The van der Waals surface area contributed by atoms with Crippen LogP contribution in [0.25, 0.3) is 0 Å². The molecule has 8 nitrogen and oxygen atoms in total. The van der Waals surface area contributed by atoms with Gasteiger partial charge in [-0.2, -0.15) is 0 Å². The SMILES string of the molecule is CC(C)(C)OC(=O)N1CCC(CCOc2ccc([C@H](C(=O)O)[C@H]3CC=NO3)cc2)CC1. The van der Waals surface area contributed by atoms with Crippen LogP contribution in [0.2, 0.25) is 0 Å². The molecule has 0 spiro atoms. The molecular weight excluding hydrogens is 400 g/mol. The Hall–Kier alpha value is -2.77. The fourth-order valence-electron chi connectivity index (χ4n) is 3.87. The summed E-state index contributed by atoms with van der Waals surface area (Å²) in [4.78, 5) is 30.7. The number of carboxylic acid groups (broad SMARTS) is 1. The minimum Gasteiger partial charge on any atom is -0.494 e. The first-order chi connectivity index (χ1) is 14.7. The van der Waals surface area contributed by atoms with Gasteiger partial charge >= 0.3 is 12.1 Å². The molecule has 0 bridgehead atoms. The van der Waals surface area contributed by atoms with Crippen LogP contribution in [0.5, 0.6) is 5.75 Å². The Labute approximate surface area is 183 Å². The summed E-state index contributed by atoms with van der Waals surface area (Å²) >= 11 is 0. The number of hydrogen-bond acceptors (Lipinski definition) is 6. The van der Waals surface area contributed by atoms with Crippen LogP contribution in [-0.2, 0) is 14.4 Å². The number of carbonyl (C=O) groups excluding carboxylic acids is 1. The number of piperidine rings is 1. The van der Waals surface area contributed by atoms with E-state index in [0.717, 1.165) is 19.3 Å². The lowest BCUT2D eigenvalue weighted by Gasteiger charge is -2.33. The standard InChI is InChI=1S/C23H32N2O6/c1-23(2,3)30-22(28)25-13-9-16(10-14-25)11-15-29-18-6-4-17(5-7-18)20(21(26)27)19-8-12-24-31-19/h4-7,12,16,19-20H,8-11,13-15H2,1-3H3,(H,26,27)/t19-,20+/m1/s1. The van der Waals surface area contributed by atoms with Gasteiger partial charge in [-0.25, -0.2) is 4.79 Å². The second-order valence-corrected chi connectivity index (χ2v) is 9.10. The number of rotatable bonds is 7.